The number of benzene rings is 3. The van der Waals surface area contributed by atoms with Crippen LogP contribution in [0.5, 0.6) is 23.0 Å². The van der Waals surface area contributed by atoms with Crippen molar-refractivity contribution in [1.29, 1.82) is 0 Å². The lowest BCUT2D eigenvalue weighted by Crippen LogP contribution is -2.26. The molecule has 0 aliphatic heterocycles. The van der Waals surface area contributed by atoms with Crippen molar-refractivity contribution in [3.05, 3.63) is 88.0 Å². The molecule has 0 aliphatic rings. The number of rotatable bonds is 8. The Morgan fingerprint density at radius 1 is 0.903 bits per heavy atom. The fraction of sp³-hybridized carbons (Fsp3) is 0.174. The summed E-state index contributed by atoms with van der Waals surface area (Å²) in [5.74, 6) is 1.67. The second kappa shape index (κ2) is 9.62. The highest BCUT2D eigenvalue weighted by atomic mass is 16.6. The maximum absolute atomic E-state index is 13.1. The molecule has 0 bridgehead atoms. The molecule has 0 atom stereocenters. The minimum Gasteiger partial charge on any atom is -0.497 e. The predicted molar refractivity (Wildman–Crippen MR) is 115 cm³/mol. The molecule has 3 aromatic carbocycles. The third-order valence-corrected chi connectivity index (χ3v) is 4.62. The minimum absolute atomic E-state index is 0.0982. The Labute approximate surface area is 179 Å². The molecule has 0 spiro atoms. The van der Waals surface area contributed by atoms with Crippen LogP contribution in [0.1, 0.15) is 15.9 Å². The third-order valence-electron chi connectivity index (χ3n) is 4.62. The Morgan fingerprint density at radius 3 is 2.00 bits per heavy atom. The largest absolute Gasteiger partial charge is 0.497 e. The topological polar surface area (TPSA) is 91.1 Å². The van der Waals surface area contributed by atoms with Crippen molar-refractivity contribution in [3.63, 3.8) is 0 Å². The molecule has 0 aromatic heterocycles. The van der Waals surface area contributed by atoms with Gasteiger partial charge < -0.3 is 19.1 Å². The standard InChI is InChI=1S/C23H22N2O6/c1-24(15-16-4-7-18(29-2)8-5-16)23(26)21-14-17(25(27)28)6-13-22(21)31-20-11-9-19(30-3)10-12-20/h4-14H,15H2,1-3H3. The molecule has 8 nitrogen and oxygen atoms in total. The highest BCUT2D eigenvalue weighted by Gasteiger charge is 2.21. The van der Waals surface area contributed by atoms with Gasteiger partial charge in [0.15, 0.2) is 0 Å². The number of hydrogen-bond acceptors (Lipinski definition) is 6. The smallest absolute Gasteiger partial charge is 0.270 e. The molecule has 0 heterocycles. The number of nitro benzene ring substituents is 1. The van der Waals surface area contributed by atoms with Gasteiger partial charge in [0, 0.05) is 25.7 Å². The lowest BCUT2D eigenvalue weighted by Gasteiger charge is -2.19. The van der Waals surface area contributed by atoms with E-state index in [1.165, 1.54) is 23.1 Å². The van der Waals surface area contributed by atoms with Gasteiger partial charge >= 0.3 is 0 Å². The van der Waals surface area contributed by atoms with Crippen molar-refractivity contribution < 1.29 is 23.9 Å². The van der Waals surface area contributed by atoms with Crippen LogP contribution in [-0.4, -0.2) is 37.0 Å². The van der Waals surface area contributed by atoms with E-state index in [4.69, 9.17) is 14.2 Å². The summed E-state index contributed by atoms with van der Waals surface area (Å²) in [7, 11) is 4.77. The average Bonchev–Trinajstić information content (AvgIpc) is 2.79. The summed E-state index contributed by atoms with van der Waals surface area (Å²) in [4.78, 5) is 25.3. The molecule has 8 heteroatoms. The molecule has 1 amide bonds. The Balaban J connectivity index is 1.87. The van der Waals surface area contributed by atoms with E-state index >= 15 is 0 Å². The summed E-state index contributed by atoms with van der Waals surface area (Å²) in [5, 5.41) is 11.3. The van der Waals surface area contributed by atoms with Gasteiger partial charge in [-0.25, -0.2) is 0 Å². The van der Waals surface area contributed by atoms with E-state index < -0.39 is 10.8 Å². The van der Waals surface area contributed by atoms with E-state index in [-0.39, 0.29) is 17.0 Å². The van der Waals surface area contributed by atoms with Crippen LogP contribution in [0.25, 0.3) is 0 Å². The molecule has 0 N–H and O–H groups in total. The van der Waals surface area contributed by atoms with E-state index in [2.05, 4.69) is 0 Å². The van der Waals surface area contributed by atoms with Crippen LogP contribution in [0.3, 0.4) is 0 Å². The molecule has 3 aromatic rings. The quantitative estimate of drug-likeness (QED) is 0.387. The van der Waals surface area contributed by atoms with E-state index in [9.17, 15) is 14.9 Å². The second-order valence-electron chi connectivity index (χ2n) is 6.72. The summed E-state index contributed by atoms with van der Waals surface area (Å²) in [6.45, 7) is 0.313. The average molecular weight is 422 g/mol. The predicted octanol–water partition coefficient (Wildman–Crippen LogP) is 4.68. The highest BCUT2D eigenvalue weighted by Crippen LogP contribution is 2.31. The lowest BCUT2D eigenvalue weighted by atomic mass is 10.1. The van der Waals surface area contributed by atoms with Gasteiger partial charge in [0.05, 0.1) is 24.7 Å². The second-order valence-corrected chi connectivity index (χ2v) is 6.72. The Hall–Kier alpha value is -4.07. The van der Waals surface area contributed by atoms with E-state index in [1.54, 1.807) is 57.7 Å². The maximum atomic E-state index is 13.1. The first-order valence-electron chi connectivity index (χ1n) is 9.40. The lowest BCUT2D eigenvalue weighted by molar-refractivity contribution is -0.384. The van der Waals surface area contributed by atoms with Gasteiger partial charge in [0.1, 0.15) is 23.0 Å². The van der Waals surface area contributed by atoms with Crippen LogP contribution in [-0.2, 0) is 6.54 Å². The fourth-order valence-corrected chi connectivity index (χ4v) is 2.94. The molecule has 0 saturated heterocycles. The zero-order valence-corrected chi connectivity index (χ0v) is 17.4. The minimum atomic E-state index is -0.544. The summed E-state index contributed by atoms with van der Waals surface area (Å²) < 4.78 is 16.1. The first-order chi connectivity index (χ1) is 14.9. The number of carbonyl (C=O) groups excluding carboxylic acids is 1. The van der Waals surface area contributed by atoms with Crippen LogP contribution in [0.15, 0.2) is 66.7 Å². The molecule has 0 unspecified atom stereocenters. The van der Waals surface area contributed by atoms with Gasteiger partial charge in [-0.05, 0) is 48.0 Å². The molecule has 0 saturated carbocycles. The fourth-order valence-electron chi connectivity index (χ4n) is 2.94. The number of hydrogen-bond donors (Lipinski definition) is 0. The van der Waals surface area contributed by atoms with Crippen LogP contribution >= 0.6 is 0 Å². The number of nitro groups is 1. The van der Waals surface area contributed by atoms with Crippen LogP contribution < -0.4 is 14.2 Å². The normalized spacial score (nSPS) is 10.3. The SMILES string of the molecule is COc1ccc(CN(C)C(=O)c2cc([N+](=O)[O-])ccc2Oc2ccc(OC)cc2)cc1. The van der Waals surface area contributed by atoms with Gasteiger partial charge in [-0.3, -0.25) is 14.9 Å². The van der Waals surface area contributed by atoms with Gasteiger partial charge in [0.25, 0.3) is 11.6 Å². The third kappa shape index (κ3) is 5.30. The summed E-state index contributed by atoms with van der Waals surface area (Å²) >= 11 is 0. The van der Waals surface area contributed by atoms with Gasteiger partial charge in [0.2, 0.25) is 0 Å². The van der Waals surface area contributed by atoms with Crippen LogP contribution in [0.2, 0.25) is 0 Å². The number of methoxy groups -OCH3 is 2. The summed E-state index contributed by atoms with van der Waals surface area (Å²) in [6, 6.07) is 18.1. The molecule has 0 radical (unpaired) electrons. The van der Waals surface area contributed by atoms with E-state index in [1.807, 2.05) is 12.1 Å². The highest BCUT2D eigenvalue weighted by molar-refractivity contribution is 5.97. The number of non-ortho nitro benzene ring substituents is 1. The summed E-state index contributed by atoms with van der Waals surface area (Å²) in [6.07, 6.45) is 0. The van der Waals surface area contributed by atoms with E-state index in [0.717, 1.165) is 5.56 Å². The van der Waals surface area contributed by atoms with Crippen LogP contribution in [0.4, 0.5) is 5.69 Å². The van der Waals surface area contributed by atoms with Crippen molar-refractivity contribution in [3.8, 4) is 23.0 Å². The number of nitrogens with zero attached hydrogens (tertiary/aromatic N) is 2. The Bertz CT molecular complexity index is 1060. The maximum Gasteiger partial charge on any atom is 0.270 e. The zero-order valence-electron chi connectivity index (χ0n) is 17.4. The van der Waals surface area contributed by atoms with Crippen molar-refractivity contribution >= 4 is 11.6 Å². The van der Waals surface area contributed by atoms with Crippen molar-refractivity contribution in [1.82, 2.24) is 4.90 Å². The van der Waals surface area contributed by atoms with Crippen molar-refractivity contribution in [2.24, 2.45) is 0 Å². The number of amides is 1. The molecule has 0 fully saturated rings. The molecule has 3 rings (SSSR count). The first kappa shape index (κ1) is 21.6. The zero-order chi connectivity index (χ0) is 22.4. The van der Waals surface area contributed by atoms with Crippen molar-refractivity contribution in [2.75, 3.05) is 21.3 Å². The van der Waals surface area contributed by atoms with Crippen molar-refractivity contribution in [2.45, 2.75) is 6.54 Å². The first-order valence-corrected chi connectivity index (χ1v) is 9.40. The molecule has 31 heavy (non-hydrogen) atoms. The monoisotopic (exact) mass is 422 g/mol. The Morgan fingerprint density at radius 2 is 1.45 bits per heavy atom. The van der Waals surface area contributed by atoms with Gasteiger partial charge in [-0.2, -0.15) is 0 Å². The molecular formula is C23H22N2O6. The molecule has 0 aliphatic carbocycles. The van der Waals surface area contributed by atoms with Crippen LogP contribution in [0, 0.1) is 10.1 Å². The number of carbonyl (C=O) groups is 1. The molecular weight excluding hydrogens is 400 g/mol. The van der Waals surface area contributed by atoms with Gasteiger partial charge in [-0.15, -0.1) is 0 Å². The Kier molecular flexibility index (Phi) is 6.71. The van der Waals surface area contributed by atoms with Gasteiger partial charge in [-0.1, -0.05) is 12.1 Å². The van der Waals surface area contributed by atoms with E-state index in [0.29, 0.717) is 23.8 Å². The number of ether oxygens (including phenoxy) is 3. The molecule has 160 valence electrons. The summed E-state index contributed by atoms with van der Waals surface area (Å²) in [5.41, 5.74) is 0.795.